The minimum atomic E-state index is -0.198. The zero-order chi connectivity index (χ0) is 18.0. The molecular weight excluding hydrogens is 358 g/mol. The van der Waals surface area contributed by atoms with Crippen molar-refractivity contribution in [3.05, 3.63) is 39.8 Å². The van der Waals surface area contributed by atoms with E-state index < -0.39 is 0 Å². The van der Waals surface area contributed by atoms with Gasteiger partial charge in [-0.2, -0.15) is 0 Å². The van der Waals surface area contributed by atoms with Gasteiger partial charge in [-0.3, -0.25) is 10.1 Å². The van der Waals surface area contributed by atoms with Crippen LogP contribution in [-0.4, -0.2) is 30.1 Å². The lowest BCUT2D eigenvalue weighted by Crippen LogP contribution is -2.11. The quantitative estimate of drug-likeness (QED) is 0.725. The number of nitrogens with one attached hydrogen (secondary N) is 1. The molecule has 6 nitrogen and oxygen atoms in total. The number of methoxy groups -OCH3 is 2. The molecule has 0 spiro atoms. The van der Waals surface area contributed by atoms with Crippen LogP contribution in [0.3, 0.4) is 0 Å². The zero-order valence-corrected chi connectivity index (χ0v) is 15.9. The van der Waals surface area contributed by atoms with Crippen LogP contribution >= 0.6 is 22.7 Å². The summed E-state index contributed by atoms with van der Waals surface area (Å²) in [6.07, 6.45) is 0. The highest BCUT2D eigenvalue weighted by atomic mass is 32.1. The number of rotatable bonds is 5. The number of nitrogens with zero attached hydrogens (tertiary/aromatic N) is 2. The maximum absolute atomic E-state index is 12.5. The number of carbonyl (C=O) groups is 1. The van der Waals surface area contributed by atoms with E-state index in [2.05, 4.69) is 15.3 Å². The van der Waals surface area contributed by atoms with Crippen LogP contribution in [0.2, 0.25) is 0 Å². The van der Waals surface area contributed by atoms with Gasteiger partial charge in [0.1, 0.15) is 9.88 Å². The fourth-order valence-corrected chi connectivity index (χ4v) is 3.91. The van der Waals surface area contributed by atoms with E-state index in [9.17, 15) is 4.79 Å². The van der Waals surface area contributed by atoms with Gasteiger partial charge in [-0.1, -0.05) is 0 Å². The molecule has 0 fully saturated rings. The number of amides is 1. The second-order valence-electron chi connectivity index (χ2n) is 5.25. The Bertz CT molecular complexity index is 918. The van der Waals surface area contributed by atoms with Gasteiger partial charge in [0, 0.05) is 10.9 Å². The number of aryl methyl sites for hydroxylation is 2. The van der Waals surface area contributed by atoms with Crippen LogP contribution in [0.5, 0.6) is 11.5 Å². The Morgan fingerprint density at radius 3 is 2.52 bits per heavy atom. The van der Waals surface area contributed by atoms with Crippen LogP contribution in [0.15, 0.2) is 23.6 Å². The highest BCUT2D eigenvalue weighted by molar-refractivity contribution is 7.17. The fourth-order valence-electron chi connectivity index (χ4n) is 2.27. The monoisotopic (exact) mass is 375 g/mol. The first-order valence-corrected chi connectivity index (χ1v) is 9.14. The number of benzene rings is 1. The van der Waals surface area contributed by atoms with Crippen molar-refractivity contribution in [2.75, 3.05) is 19.5 Å². The van der Waals surface area contributed by atoms with Crippen LogP contribution in [0.4, 0.5) is 5.13 Å². The van der Waals surface area contributed by atoms with E-state index in [4.69, 9.17) is 9.47 Å². The molecule has 1 N–H and O–H groups in total. The van der Waals surface area contributed by atoms with Crippen molar-refractivity contribution in [1.29, 1.82) is 0 Å². The summed E-state index contributed by atoms with van der Waals surface area (Å²) < 4.78 is 10.6. The summed E-state index contributed by atoms with van der Waals surface area (Å²) in [5, 5.41) is 6.05. The molecule has 8 heteroatoms. The summed E-state index contributed by atoms with van der Waals surface area (Å²) in [6, 6.07) is 5.57. The minimum absolute atomic E-state index is 0.198. The smallest absolute Gasteiger partial charge is 0.269 e. The third kappa shape index (κ3) is 3.64. The molecule has 2 heterocycles. The predicted octanol–water partition coefficient (Wildman–Crippen LogP) is 4.15. The summed E-state index contributed by atoms with van der Waals surface area (Å²) in [7, 11) is 3.18. The average molecular weight is 375 g/mol. The number of thiazole rings is 2. The molecule has 0 aliphatic rings. The topological polar surface area (TPSA) is 73.3 Å². The van der Waals surface area contributed by atoms with Crippen molar-refractivity contribution < 1.29 is 14.3 Å². The molecule has 0 radical (unpaired) electrons. The standard InChI is InChI=1S/C17H17N3O3S2/c1-9-8-24-17(18-9)20-15(21)14-10(2)19-16(25-14)11-5-6-12(22-3)13(7-11)23-4/h5-8H,1-4H3,(H,18,20,21). The van der Waals surface area contributed by atoms with Gasteiger partial charge in [0.2, 0.25) is 0 Å². The molecule has 0 aliphatic heterocycles. The number of ether oxygens (including phenoxy) is 2. The lowest BCUT2D eigenvalue weighted by Gasteiger charge is -2.08. The van der Waals surface area contributed by atoms with Crippen LogP contribution in [0.25, 0.3) is 10.6 Å². The molecule has 0 saturated carbocycles. The molecular formula is C17H17N3O3S2. The van der Waals surface area contributed by atoms with Gasteiger partial charge in [-0.15, -0.1) is 22.7 Å². The molecule has 3 rings (SSSR count). The minimum Gasteiger partial charge on any atom is -0.493 e. The van der Waals surface area contributed by atoms with Crippen molar-refractivity contribution in [3.63, 3.8) is 0 Å². The van der Waals surface area contributed by atoms with Crippen LogP contribution in [0.1, 0.15) is 21.1 Å². The predicted molar refractivity (Wildman–Crippen MR) is 100 cm³/mol. The molecule has 0 aliphatic carbocycles. The molecule has 1 amide bonds. The molecule has 0 bridgehead atoms. The number of carbonyl (C=O) groups excluding carboxylic acids is 1. The summed E-state index contributed by atoms with van der Waals surface area (Å²) in [5.74, 6) is 1.07. The first-order valence-electron chi connectivity index (χ1n) is 7.45. The van der Waals surface area contributed by atoms with Gasteiger partial charge in [-0.25, -0.2) is 9.97 Å². The van der Waals surface area contributed by atoms with Gasteiger partial charge < -0.3 is 9.47 Å². The van der Waals surface area contributed by atoms with E-state index in [0.717, 1.165) is 16.3 Å². The first-order chi connectivity index (χ1) is 12.0. The molecule has 0 atom stereocenters. The third-order valence-corrected chi connectivity index (χ3v) is 5.55. The van der Waals surface area contributed by atoms with Crippen molar-refractivity contribution >= 4 is 33.7 Å². The molecule has 0 unspecified atom stereocenters. The Morgan fingerprint density at radius 2 is 1.88 bits per heavy atom. The van der Waals surface area contributed by atoms with Crippen molar-refractivity contribution in [2.24, 2.45) is 0 Å². The van der Waals surface area contributed by atoms with Crippen molar-refractivity contribution in [1.82, 2.24) is 9.97 Å². The lowest BCUT2D eigenvalue weighted by molar-refractivity contribution is 0.103. The van der Waals surface area contributed by atoms with E-state index >= 15 is 0 Å². The SMILES string of the molecule is COc1ccc(-c2nc(C)c(C(=O)Nc3nc(C)cs3)s2)cc1OC. The van der Waals surface area contributed by atoms with Gasteiger partial charge in [-0.05, 0) is 32.0 Å². The van der Waals surface area contributed by atoms with Gasteiger partial charge in [0.25, 0.3) is 5.91 Å². The van der Waals surface area contributed by atoms with Crippen LogP contribution in [-0.2, 0) is 0 Å². The first kappa shape index (κ1) is 17.4. The summed E-state index contributed by atoms with van der Waals surface area (Å²) in [6.45, 7) is 3.71. The second kappa shape index (κ2) is 7.20. The zero-order valence-electron chi connectivity index (χ0n) is 14.2. The number of hydrogen-bond donors (Lipinski definition) is 1. The Morgan fingerprint density at radius 1 is 1.12 bits per heavy atom. The second-order valence-corrected chi connectivity index (χ2v) is 7.11. The lowest BCUT2D eigenvalue weighted by atomic mass is 10.2. The Balaban J connectivity index is 1.88. The fraction of sp³-hybridized carbons (Fsp3) is 0.235. The van der Waals surface area contributed by atoms with Gasteiger partial charge in [0.05, 0.1) is 25.6 Å². The summed E-state index contributed by atoms with van der Waals surface area (Å²) in [5.41, 5.74) is 2.43. The maximum Gasteiger partial charge on any atom is 0.269 e. The van der Waals surface area contributed by atoms with E-state index in [1.807, 2.05) is 37.4 Å². The van der Waals surface area contributed by atoms with E-state index in [1.54, 1.807) is 14.2 Å². The van der Waals surface area contributed by atoms with Crippen molar-refractivity contribution in [2.45, 2.75) is 13.8 Å². The van der Waals surface area contributed by atoms with Crippen molar-refractivity contribution in [3.8, 4) is 22.1 Å². The number of hydrogen-bond acceptors (Lipinski definition) is 7. The van der Waals surface area contributed by atoms with E-state index in [0.29, 0.717) is 27.2 Å². The van der Waals surface area contributed by atoms with Crippen LogP contribution < -0.4 is 14.8 Å². The van der Waals surface area contributed by atoms with Gasteiger partial charge >= 0.3 is 0 Å². The normalized spacial score (nSPS) is 10.6. The number of aromatic nitrogens is 2. The van der Waals surface area contributed by atoms with Crippen LogP contribution in [0, 0.1) is 13.8 Å². The molecule has 0 saturated heterocycles. The van der Waals surface area contributed by atoms with Gasteiger partial charge in [0.15, 0.2) is 16.6 Å². The molecule has 130 valence electrons. The average Bonchev–Trinajstić information content (AvgIpc) is 3.19. The van der Waals surface area contributed by atoms with E-state index in [1.165, 1.54) is 22.7 Å². The summed E-state index contributed by atoms with van der Waals surface area (Å²) >= 11 is 2.74. The highest BCUT2D eigenvalue weighted by Crippen LogP contribution is 2.35. The van der Waals surface area contributed by atoms with E-state index in [-0.39, 0.29) is 5.91 Å². The molecule has 25 heavy (non-hydrogen) atoms. The maximum atomic E-state index is 12.5. The Labute approximate surface area is 153 Å². The Kier molecular flexibility index (Phi) is 5.00. The summed E-state index contributed by atoms with van der Waals surface area (Å²) in [4.78, 5) is 21.8. The molecule has 1 aromatic carbocycles. The Hall–Kier alpha value is -2.45. The number of anilines is 1. The third-order valence-electron chi connectivity index (χ3n) is 3.47. The highest BCUT2D eigenvalue weighted by Gasteiger charge is 2.18. The molecule has 3 aromatic rings. The molecule has 2 aromatic heterocycles. The largest absolute Gasteiger partial charge is 0.493 e.